The van der Waals surface area contributed by atoms with E-state index in [1.807, 2.05) is 32.0 Å². The van der Waals surface area contributed by atoms with Crippen molar-refractivity contribution >= 4 is 40.7 Å². The molecule has 0 aliphatic heterocycles. The van der Waals surface area contributed by atoms with Gasteiger partial charge in [0.2, 0.25) is 5.95 Å². The first-order valence-corrected chi connectivity index (χ1v) is 8.29. The van der Waals surface area contributed by atoms with E-state index in [1.54, 1.807) is 24.3 Å². The average Bonchev–Trinajstić information content (AvgIpc) is 2.59. The maximum absolute atomic E-state index is 11.4. The lowest BCUT2D eigenvalue weighted by atomic mass is 10.2. The minimum Gasteiger partial charge on any atom is -0.478 e. The molecule has 2 aromatic carbocycles. The van der Waals surface area contributed by atoms with Gasteiger partial charge >= 0.3 is 5.97 Å². The van der Waals surface area contributed by atoms with Gasteiger partial charge in [0.25, 0.3) is 0 Å². The van der Waals surface area contributed by atoms with Crippen LogP contribution in [0, 0.1) is 13.8 Å². The summed E-state index contributed by atoms with van der Waals surface area (Å²) in [6.07, 6.45) is 0. The van der Waals surface area contributed by atoms with Crippen LogP contribution in [-0.4, -0.2) is 21.0 Å². The number of aryl methyl sites for hydroxylation is 1. The molecule has 6 nitrogen and oxygen atoms in total. The molecule has 1 aromatic heterocycles. The van der Waals surface area contributed by atoms with Gasteiger partial charge < -0.3 is 15.7 Å². The van der Waals surface area contributed by atoms with E-state index in [2.05, 4.69) is 20.6 Å². The third-order valence-corrected chi connectivity index (χ3v) is 4.20. The molecule has 0 spiro atoms. The van der Waals surface area contributed by atoms with Crippen LogP contribution in [0.15, 0.2) is 48.5 Å². The number of para-hydroxylation sites is 1. The number of carboxylic acid groups (broad SMARTS) is 1. The first kappa shape index (κ1) is 17.7. The average molecular weight is 369 g/mol. The van der Waals surface area contributed by atoms with E-state index in [9.17, 15) is 9.90 Å². The van der Waals surface area contributed by atoms with E-state index >= 15 is 0 Å². The number of anilines is 4. The highest BCUT2D eigenvalue weighted by Crippen LogP contribution is 2.26. The number of benzene rings is 2. The lowest BCUT2D eigenvalue weighted by Crippen LogP contribution is -2.06. The van der Waals surface area contributed by atoms with Crippen molar-refractivity contribution in [2.45, 2.75) is 13.8 Å². The number of carboxylic acids is 1. The van der Waals surface area contributed by atoms with E-state index < -0.39 is 5.97 Å². The lowest BCUT2D eigenvalue weighted by Gasteiger charge is -2.13. The van der Waals surface area contributed by atoms with E-state index in [4.69, 9.17) is 11.6 Å². The molecule has 0 saturated carbocycles. The summed E-state index contributed by atoms with van der Waals surface area (Å²) in [5.41, 5.74) is 3.06. The molecule has 0 aliphatic rings. The molecule has 0 aliphatic carbocycles. The molecule has 0 unspecified atom stereocenters. The molecule has 0 amide bonds. The van der Waals surface area contributed by atoms with Crippen molar-refractivity contribution in [3.63, 3.8) is 0 Å². The van der Waals surface area contributed by atoms with Crippen LogP contribution in [0.4, 0.5) is 23.1 Å². The molecule has 0 saturated heterocycles. The second kappa shape index (κ2) is 7.41. The van der Waals surface area contributed by atoms with Crippen LogP contribution in [0.3, 0.4) is 0 Å². The van der Waals surface area contributed by atoms with Crippen molar-refractivity contribution < 1.29 is 9.90 Å². The molecule has 3 rings (SSSR count). The van der Waals surface area contributed by atoms with Gasteiger partial charge in [-0.05, 0) is 43.7 Å². The SMILES string of the molecule is Cc1cc(Nc2ccccc2C(=O)O)nc(Nc2cccc(Cl)c2C)n1. The highest BCUT2D eigenvalue weighted by atomic mass is 35.5. The number of nitrogens with one attached hydrogen (secondary N) is 2. The standard InChI is InChI=1S/C19H17ClN4O2/c1-11-10-17(22-16-8-4-3-6-13(16)18(25)26)24-19(21-11)23-15-9-5-7-14(20)12(15)2/h3-10H,1-2H3,(H,25,26)(H2,21,22,23,24). The summed E-state index contributed by atoms with van der Waals surface area (Å²) in [5, 5.41) is 16.2. The van der Waals surface area contributed by atoms with Crippen molar-refractivity contribution in [1.29, 1.82) is 0 Å². The predicted molar refractivity (Wildman–Crippen MR) is 103 cm³/mol. The maximum Gasteiger partial charge on any atom is 0.337 e. The Kier molecular flexibility index (Phi) is 5.04. The Labute approximate surface area is 155 Å². The lowest BCUT2D eigenvalue weighted by molar-refractivity contribution is 0.0698. The number of hydrogen-bond acceptors (Lipinski definition) is 5. The summed E-state index contributed by atoms with van der Waals surface area (Å²) in [6.45, 7) is 3.74. The molecular formula is C19H17ClN4O2. The fraction of sp³-hybridized carbons (Fsp3) is 0.105. The number of aromatic nitrogens is 2. The van der Waals surface area contributed by atoms with Crippen LogP contribution in [0.5, 0.6) is 0 Å². The van der Waals surface area contributed by atoms with Gasteiger partial charge in [-0.15, -0.1) is 0 Å². The Hall–Kier alpha value is -3.12. The van der Waals surface area contributed by atoms with Gasteiger partial charge in [0.15, 0.2) is 0 Å². The minimum absolute atomic E-state index is 0.170. The van der Waals surface area contributed by atoms with E-state index in [1.165, 1.54) is 6.07 Å². The Bertz CT molecular complexity index is 976. The summed E-state index contributed by atoms with van der Waals surface area (Å²) in [6, 6.07) is 14.0. The first-order chi connectivity index (χ1) is 12.4. The normalized spacial score (nSPS) is 10.4. The largest absolute Gasteiger partial charge is 0.478 e. The second-order valence-corrected chi connectivity index (χ2v) is 6.14. The van der Waals surface area contributed by atoms with Gasteiger partial charge in [-0.25, -0.2) is 9.78 Å². The smallest absolute Gasteiger partial charge is 0.337 e. The molecule has 3 N–H and O–H groups in total. The molecule has 1 heterocycles. The molecular weight excluding hydrogens is 352 g/mol. The zero-order valence-electron chi connectivity index (χ0n) is 14.2. The molecule has 0 radical (unpaired) electrons. The molecule has 7 heteroatoms. The molecule has 0 bridgehead atoms. The summed E-state index contributed by atoms with van der Waals surface area (Å²) >= 11 is 6.15. The van der Waals surface area contributed by atoms with Crippen LogP contribution in [-0.2, 0) is 0 Å². The fourth-order valence-corrected chi connectivity index (χ4v) is 2.64. The minimum atomic E-state index is -1.01. The Morgan fingerprint density at radius 1 is 1.00 bits per heavy atom. The number of aromatic carboxylic acids is 1. The van der Waals surface area contributed by atoms with Crippen molar-refractivity contribution in [2.24, 2.45) is 0 Å². The zero-order valence-corrected chi connectivity index (χ0v) is 15.0. The van der Waals surface area contributed by atoms with Gasteiger partial charge in [0.05, 0.1) is 11.3 Å². The highest BCUT2D eigenvalue weighted by molar-refractivity contribution is 6.31. The Morgan fingerprint density at radius 2 is 1.73 bits per heavy atom. The zero-order chi connectivity index (χ0) is 18.7. The van der Waals surface area contributed by atoms with E-state index in [0.717, 1.165) is 16.9 Å². The highest BCUT2D eigenvalue weighted by Gasteiger charge is 2.11. The van der Waals surface area contributed by atoms with Crippen LogP contribution in [0.2, 0.25) is 5.02 Å². The Morgan fingerprint density at radius 3 is 2.50 bits per heavy atom. The number of halogens is 1. The molecule has 0 fully saturated rings. The van der Waals surface area contributed by atoms with E-state index in [-0.39, 0.29) is 5.56 Å². The van der Waals surface area contributed by atoms with Crippen LogP contribution in [0.25, 0.3) is 0 Å². The maximum atomic E-state index is 11.4. The first-order valence-electron chi connectivity index (χ1n) is 7.91. The number of carbonyl (C=O) groups is 1. The monoisotopic (exact) mass is 368 g/mol. The predicted octanol–water partition coefficient (Wildman–Crippen LogP) is 4.93. The van der Waals surface area contributed by atoms with Gasteiger partial charge in [-0.1, -0.05) is 29.8 Å². The third-order valence-electron chi connectivity index (χ3n) is 3.79. The van der Waals surface area contributed by atoms with Crippen molar-refractivity contribution in [2.75, 3.05) is 10.6 Å². The summed E-state index contributed by atoms with van der Waals surface area (Å²) < 4.78 is 0. The van der Waals surface area contributed by atoms with Crippen molar-refractivity contribution in [3.8, 4) is 0 Å². The van der Waals surface area contributed by atoms with Crippen LogP contribution >= 0.6 is 11.6 Å². The molecule has 0 atom stereocenters. The fourth-order valence-electron chi connectivity index (χ4n) is 2.47. The van der Waals surface area contributed by atoms with Crippen molar-refractivity contribution in [3.05, 3.63) is 70.4 Å². The van der Waals surface area contributed by atoms with Gasteiger partial charge in [-0.2, -0.15) is 4.98 Å². The number of nitrogens with zero attached hydrogens (tertiary/aromatic N) is 2. The third kappa shape index (κ3) is 3.92. The van der Waals surface area contributed by atoms with Crippen molar-refractivity contribution in [1.82, 2.24) is 9.97 Å². The van der Waals surface area contributed by atoms with Gasteiger partial charge in [0, 0.05) is 22.5 Å². The Balaban J connectivity index is 1.91. The quantitative estimate of drug-likeness (QED) is 0.591. The van der Waals surface area contributed by atoms with Crippen LogP contribution < -0.4 is 10.6 Å². The summed E-state index contributed by atoms with van der Waals surface area (Å²) in [7, 11) is 0. The molecule has 3 aromatic rings. The second-order valence-electron chi connectivity index (χ2n) is 5.73. The summed E-state index contributed by atoms with van der Waals surface area (Å²) in [5.74, 6) is -0.120. The molecule has 26 heavy (non-hydrogen) atoms. The number of rotatable bonds is 5. The van der Waals surface area contributed by atoms with Crippen LogP contribution in [0.1, 0.15) is 21.6 Å². The topological polar surface area (TPSA) is 87.1 Å². The van der Waals surface area contributed by atoms with Gasteiger partial charge in [-0.3, -0.25) is 0 Å². The number of hydrogen-bond donors (Lipinski definition) is 3. The van der Waals surface area contributed by atoms with E-state index in [0.29, 0.717) is 22.5 Å². The summed E-state index contributed by atoms with van der Waals surface area (Å²) in [4.78, 5) is 20.2. The van der Waals surface area contributed by atoms with Gasteiger partial charge in [0.1, 0.15) is 5.82 Å². The molecule has 132 valence electrons.